The molecule has 1 heterocycles. The van der Waals surface area contributed by atoms with Crippen molar-refractivity contribution in [1.82, 2.24) is 14.9 Å². The summed E-state index contributed by atoms with van der Waals surface area (Å²) >= 11 is 0. The molecule has 0 amide bonds. The van der Waals surface area contributed by atoms with E-state index in [9.17, 15) is 8.42 Å². The fourth-order valence-electron chi connectivity index (χ4n) is 1.91. The number of aromatic amines is 1. The molecule has 0 aliphatic rings. The molecule has 7 nitrogen and oxygen atoms in total. The lowest BCUT2D eigenvalue weighted by Crippen LogP contribution is -2.27. The molecular weight excluding hydrogens is 292 g/mol. The van der Waals surface area contributed by atoms with Gasteiger partial charge >= 0.3 is 0 Å². The number of aromatic nitrogens is 2. The molecule has 114 valence electrons. The largest absolute Gasteiger partial charge is 0.497 e. The number of hydrogen-bond acceptors (Lipinski definition) is 5. The van der Waals surface area contributed by atoms with Crippen LogP contribution in [0.3, 0.4) is 0 Å². The molecular formula is C13H18N4O3S. The smallest absolute Gasteiger partial charge is 0.257 e. The van der Waals surface area contributed by atoms with Gasteiger partial charge in [0.25, 0.3) is 10.0 Å². The van der Waals surface area contributed by atoms with Crippen molar-refractivity contribution in [3.05, 3.63) is 41.6 Å². The van der Waals surface area contributed by atoms with E-state index in [0.29, 0.717) is 12.0 Å². The van der Waals surface area contributed by atoms with Gasteiger partial charge in [-0.05, 0) is 24.1 Å². The van der Waals surface area contributed by atoms with Crippen LogP contribution in [0, 0.1) is 0 Å². The number of H-pyrrole nitrogens is 1. The van der Waals surface area contributed by atoms with Crippen LogP contribution in [-0.2, 0) is 23.0 Å². The number of ether oxygens (including phenoxy) is 1. The molecule has 4 N–H and O–H groups in total. The molecule has 0 spiro atoms. The Morgan fingerprint density at radius 3 is 2.95 bits per heavy atom. The number of benzene rings is 1. The van der Waals surface area contributed by atoms with E-state index in [4.69, 9.17) is 10.5 Å². The van der Waals surface area contributed by atoms with Crippen molar-refractivity contribution < 1.29 is 13.2 Å². The van der Waals surface area contributed by atoms with Crippen LogP contribution in [0.4, 0.5) is 0 Å². The van der Waals surface area contributed by atoms with Crippen LogP contribution in [0.1, 0.15) is 11.1 Å². The Morgan fingerprint density at radius 2 is 2.24 bits per heavy atom. The minimum absolute atomic E-state index is 0.0237. The van der Waals surface area contributed by atoms with Crippen molar-refractivity contribution in [2.24, 2.45) is 5.73 Å². The van der Waals surface area contributed by atoms with Gasteiger partial charge in [-0.25, -0.2) is 13.1 Å². The van der Waals surface area contributed by atoms with Crippen LogP contribution >= 0.6 is 0 Å². The number of hydrogen-bond donors (Lipinski definition) is 3. The van der Waals surface area contributed by atoms with Gasteiger partial charge in [0.1, 0.15) is 5.75 Å². The predicted octanol–water partition coefficient (Wildman–Crippen LogP) is 0.398. The summed E-state index contributed by atoms with van der Waals surface area (Å²) in [5.41, 5.74) is 6.93. The lowest BCUT2D eigenvalue weighted by Gasteiger charge is -2.07. The Balaban J connectivity index is 1.99. The zero-order valence-corrected chi connectivity index (χ0v) is 12.5. The van der Waals surface area contributed by atoms with E-state index in [1.807, 2.05) is 24.3 Å². The summed E-state index contributed by atoms with van der Waals surface area (Å²) in [6, 6.07) is 7.49. The first-order valence-corrected chi connectivity index (χ1v) is 7.90. The summed E-state index contributed by atoms with van der Waals surface area (Å²) in [6.07, 6.45) is 1.97. The Labute approximate surface area is 123 Å². The zero-order chi connectivity index (χ0) is 15.3. The first-order chi connectivity index (χ1) is 10.1. The van der Waals surface area contributed by atoms with Gasteiger partial charge in [-0.2, -0.15) is 5.10 Å². The minimum atomic E-state index is -3.62. The number of nitrogens with two attached hydrogens (primary N) is 1. The molecule has 1 aromatic carbocycles. The Morgan fingerprint density at radius 1 is 1.43 bits per heavy atom. The molecule has 2 rings (SSSR count). The van der Waals surface area contributed by atoms with Crippen molar-refractivity contribution in [3.63, 3.8) is 0 Å². The SMILES string of the molecule is COc1cccc(CCNS(=O)(=O)c2[nH]ncc2CN)c1. The highest BCUT2D eigenvalue weighted by molar-refractivity contribution is 7.89. The normalized spacial score (nSPS) is 11.5. The Kier molecular flexibility index (Phi) is 4.94. The zero-order valence-electron chi connectivity index (χ0n) is 11.7. The van der Waals surface area contributed by atoms with Gasteiger partial charge < -0.3 is 10.5 Å². The summed E-state index contributed by atoms with van der Waals surface area (Å²) < 4.78 is 31.9. The predicted molar refractivity (Wildman–Crippen MR) is 78.4 cm³/mol. The van der Waals surface area contributed by atoms with Crippen molar-refractivity contribution in [2.75, 3.05) is 13.7 Å². The lowest BCUT2D eigenvalue weighted by atomic mass is 10.1. The van der Waals surface area contributed by atoms with Crippen LogP contribution in [0.5, 0.6) is 5.75 Å². The molecule has 0 aliphatic heterocycles. The average Bonchev–Trinajstić information content (AvgIpc) is 2.97. The van der Waals surface area contributed by atoms with E-state index < -0.39 is 10.0 Å². The summed E-state index contributed by atoms with van der Waals surface area (Å²) in [7, 11) is -2.03. The molecule has 0 fully saturated rings. The summed E-state index contributed by atoms with van der Waals surface area (Å²) in [6.45, 7) is 0.390. The number of nitrogens with zero attached hydrogens (tertiary/aromatic N) is 1. The number of methoxy groups -OCH3 is 1. The van der Waals surface area contributed by atoms with Crippen molar-refractivity contribution in [3.8, 4) is 5.75 Å². The topological polar surface area (TPSA) is 110 Å². The van der Waals surface area contributed by atoms with Crippen LogP contribution < -0.4 is 15.2 Å². The molecule has 0 atom stereocenters. The maximum absolute atomic E-state index is 12.1. The second-order valence-electron chi connectivity index (χ2n) is 4.43. The standard InChI is InChI=1S/C13H18N4O3S/c1-20-12-4-2-3-10(7-12)5-6-16-21(18,19)13-11(8-14)9-15-17-13/h2-4,7,9,16H,5-6,8,14H2,1H3,(H,15,17). The molecule has 0 saturated carbocycles. The Bertz CT molecular complexity index is 697. The third-order valence-corrected chi connectivity index (χ3v) is 4.48. The maximum Gasteiger partial charge on any atom is 0.257 e. The molecule has 8 heteroatoms. The fourth-order valence-corrected chi connectivity index (χ4v) is 3.08. The van der Waals surface area contributed by atoms with E-state index in [1.165, 1.54) is 6.20 Å². The fraction of sp³-hybridized carbons (Fsp3) is 0.308. The van der Waals surface area contributed by atoms with Gasteiger partial charge in [-0.3, -0.25) is 5.10 Å². The summed E-state index contributed by atoms with van der Waals surface area (Å²) in [5, 5.41) is 6.19. The highest BCUT2D eigenvalue weighted by Crippen LogP contribution is 2.13. The molecule has 2 aromatic rings. The van der Waals surface area contributed by atoms with E-state index >= 15 is 0 Å². The third-order valence-electron chi connectivity index (χ3n) is 3.01. The first kappa shape index (κ1) is 15.5. The first-order valence-electron chi connectivity index (χ1n) is 6.41. The quantitative estimate of drug-likeness (QED) is 0.685. The average molecular weight is 310 g/mol. The highest BCUT2D eigenvalue weighted by Gasteiger charge is 2.19. The molecule has 0 radical (unpaired) electrons. The van der Waals surface area contributed by atoms with Crippen molar-refractivity contribution in [1.29, 1.82) is 0 Å². The van der Waals surface area contributed by atoms with E-state index in [2.05, 4.69) is 14.9 Å². The molecule has 21 heavy (non-hydrogen) atoms. The van der Waals surface area contributed by atoms with Gasteiger partial charge in [0, 0.05) is 18.7 Å². The minimum Gasteiger partial charge on any atom is -0.497 e. The van der Waals surface area contributed by atoms with E-state index in [0.717, 1.165) is 11.3 Å². The molecule has 0 bridgehead atoms. The number of rotatable bonds is 7. The van der Waals surface area contributed by atoms with Gasteiger partial charge in [-0.1, -0.05) is 12.1 Å². The van der Waals surface area contributed by atoms with Gasteiger partial charge in [0.2, 0.25) is 0 Å². The van der Waals surface area contributed by atoms with E-state index in [-0.39, 0.29) is 18.1 Å². The number of sulfonamides is 1. The third kappa shape index (κ3) is 3.81. The van der Waals surface area contributed by atoms with Gasteiger partial charge in [0.05, 0.1) is 13.3 Å². The molecule has 0 aliphatic carbocycles. The van der Waals surface area contributed by atoms with Crippen LogP contribution in [0.15, 0.2) is 35.5 Å². The van der Waals surface area contributed by atoms with Crippen molar-refractivity contribution >= 4 is 10.0 Å². The second kappa shape index (κ2) is 6.70. The van der Waals surface area contributed by atoms with Crippen LogP contribution in [0.25, 0.3) is 0 Å². The lowest BCUT2D eigenvalue weighted by molar-refractivity contribution is 0.414. The molecule has 1 aromatic heterocycles. The molecule has 0 saturated heterocycles. The van der Waals surface area contributed by atoms with Crippen LogP contribution in [-0.4, -0.2) is 32.3 Å². The summed E-state index contributed by atoms with van der Waals surface area (Å²) in [5.74, 6) is 0.745. The monoisotopic (exact) mass is 310 g/mol. The van der Waals surface area contributed by atoms with E-state index in [1.54, 1.807) is 7.11 Å². The second-order valence-corrected chi connectivity index (χ2v) is 6.13. The van der Waals surface area contributed by atoms with Gasteiger partial charge in [0.15, 0.2) is 5.03 Å². The maximum atomic E-state index is 12.1. The summed E-state index contributed by atoms with van der Waals surface area (Å²) in [4.78, 5) is 0. The van der Waals surface area contributed by atoms with Gasteiger partial charge in [-0.15, -0.1) is 0 Å². The van der Waals surface area contributed by atoms with Crippen LogP contribution in [0.2, 0.25) is 0 Å². The molecule has 0 unspecified atom stereocenters. The Hall–Kier alpha value is -1.90. The number of nitrogens with one attached hydrogen (secondary N) is 2. The highest BCUT2D eigenvalue weighted by atomic mass is 32.2. The van der Waals surface area contributed by atoms with Crippen molar-refractivity contribution in [2.45, 2.75) is 18.0 Å².